The fourth-order valence-corrected chi connectivity index (χ4v) is 2.02. The topological polar surface area (TPSA) is 59.1 Å². The van der Waals surface area contributed by atoms with Crippen LogP contribution in [0.15, 0.2) is 12.7 Å². The van der Waals surface area contributed by atoms with Crippen LogP contribution in [0.4, 0.5) is 5.13 Å². The fraction of sp³-hybridized carbons (Fsp3) is 0.300. The first-order valence-corrected chi connectivity index (χ1v) is 5.34. The molecule has 1 N–H and O–H groups in total. The molecule has 15 heavy (non-hydrogen) atoms. The molecule has 0 spiro atoms. The molecule has 0 atom stereocenters. The molecular weight excluding hydrogens is 212 g/mol. The summed E-state index contributed by atoms with van der Waals surface area (Å²) in [6.45, 7) is 7.66. The lowest BCUT2D eigenvalue weighted by molar-refractivity contribution is -0.110. The normalized spacial score (nSPS) is 9.73. The molecule has 1 rings (SSSR count). The van der Waals surface area contributed by atoms with Crippen LogP contribution in [0.25, 0.3) is 0 Å². The zero-order valence-corrected chi connectivity index (χ0v) is 9.48. The van der Waals surface area contributed by atoms with Crippen LogP contribution in [-0.4, -0.2) is 23.1 Å². The number of carbonyl (C=O) groups excluding carboxylic acids is 2. The Hall–Kier alpha value is -1.49. The number of ketones is 2. The quantitative estimate of drug-likeness (QED) is 0.471. The maximum atomic E-state index is 11.5. The van der Waals surface area contributed by atoms with Crippen molar-refractivity contribution in [2.24, 2.45) is 0 Å². The molecule has 0 aromatic carbocycles. The van der Waals surface area contributed by atoms with E-state index in [-0.39, 0.29) is 0 Å². The Morgan fingerprint density at radius 1 is 1.60 bits per heavy atom. The van der Waals surface area contributed by atoms with Gasteiger partial charge in [-0.3, -0.25) is 9.59 Å². The van der Waals surface area contributed by atoms with Crippen LogP contribution in [0.1, 0.15) is 22.3 Å². The Kier molecular flexibility index (Phi) is 3.74. The van der Waals surface area contributed by atoms with Gasteiger partial charge in [-0.2, -0.15) is 0 Å². The third-order valence-corrected chi connectivity index (χ3v) is 2.85. The summed E-state index contributed by atoms with van der Waals surface area (Å²) in [6, 6.07) is 0. The van der Waals surface area contributed by atoms with Crippen molar-refractivity contribution in [3.8, 4) is 0 Å². The summed E-state index contributed by atoms with van der Waals surface area (Å²) in [4.78, 5) is 27.2. The summed E-state index contributed by atoms with van der Waals surface area (Å²) in [7, 11) is 0. The summed E-state index contributed by atoms with van der Waals surface area (Å²) < 4.78 is 0. The Morgan fingerprint density at radius 2 is 2.27 bits per heavy atom. The van der Waals surface area contributed by atoms with Crippen LogP contribution in [0.2, 0.25) is 0 Å². The van der Waals surface area contributed by atoms with Gasteiger partial charge in [0.1, 0.15) is 4.88 Å². The Morgan fingerprint density at radius 3 is 2.80 bits per heavy atom. The van der Waals surface area contributed by atoms with Gasteiger partial charge in [-0.05, 0) is 19.9 Å². The number of carbonyl (C=O) groups is 2. The molecule has 4 nitrogen and oxygen atoms in total. The van der Waals surface area contributed by atoms with E-state index in [0.29, 0.717) is 15.7 Å². The number of Topliss-reactive ketones (excluding diaryl/α,β-unsaturated/α-hetero) is 1. The second-order valence-corrected chi connectivity index (χ2v) is 3.86. The Balaban J connectivity index is 2.99. The van der Waals surface area contributed by atoms with Gasteiger partial charge in [-0.15, -0.1) is 0 Å². The molecule has 0 amide bonds. The molecule has 0 radical (unpaired) electrons. The molecule has 0 unspecified atom stereocenters. The summed E-state index contributed by atoms with van der Waals surface area (Å²) in [5, 5.41) is 3.66. The standard InChI is InChI=1S/C10H12N2O2S/c1-4-7(13)8(14)9-6(3)12-10(15-9)11-5-2/h4H,1,5H2,2-3H3,(H,11,12). The zero-order valence-electron chi connectivity index (χ0n) is 8.66. The fourth-order valence-electron chi connectivity index (χ4n) is 1.04. The minimum atomic E-state index is -0.593. The highest BCUT2D eigenvalue weighted by atomic mass is 32.1. The molecule has 0 aliphatic carbocycles. The molecule has 0 saturated heterocycles. The third kappa shape index (κ3) is 2.50. The maximum absolute atomic E-state index is 11.5. The number of anilines is 1. The van der Waals surface area contributed by atoms with E-state index in [2.05, 4.69) is 16.9 Å². The van der Waals surface area contributed by atoms with Gasteiger partial charge >= 0.3 is 0 Å². The van der Waals surface area contributed by atoms with Crippen molar-refractivity contribution in [3.05, 3.63) is 23.2 Å². The highest BCUT2D eigenvalue weighted by Gasteiger charge is 2.19. The predicted octanol–water partition coefficient (Wildman–Crippen LogP) is 1.82. The molecule has 80 valence electrons. The van der Waals surface area contributed by atoms with Gasteiger partial charge in [0.2, 0.25) is 11.6 Å². The van der Waals surface area contributed by atoms with Gasteiger partial charge in [0, 0.05) is 6.54 Å². The van der Waals surface area contributed by atoms with Crippen LogP contribution in [0.3, 0.4) is 0 Å². The van der Waals surface area contributed by atoms with Crippen molar-refractivity contribution in [1.82, 2.24) is 4.98 Å². The molecule has 0 saturated carbocycles. The Labute approximate surface area is 92.0 Å². The van der Waals surface area contributed by atoms with E-state index in [1.165, 1.54) is 11.3 Å². The van der Waals surface area contributed by atoms with Gasteiger partial charge in [0.25, 0.3) is 0 Å². The van der Waals surface area contributed by atoms with Gasteiger partial charge in [-0.25, -0.2) is 4.98 Å². The maximum Gasteiger partial charge on any atom is 0.244 e. The molecule has 0 aliphatic rings. The molecule has 0 bridgehead atoms. The van der Waals surface area contributed by atoms with E-state index in [4.69, 9.17) is 0 Å². The summed E-state index contributed by atoms with van der Waals surface area (Å²) in [6.07, 6.45) is 1.02. The zero-order chi connectivity index (χ0) is 11.4. The molecule has 0 aliphatic heterocycles. The second-order valence-electron chi connectivity index (χ2n) is 2.86. The van der Waals surface area contributed by atoms with E-state index >= 15 is 0 Å². The van der Waals surface area contributed by atoms with Crippen molar-refractivity contribution < 1.29 is 9.59 Å². The highest BCUT2D eigenvalue weighted by molar-refractivity contribution is 7.18. The third-order valence-electron chi connectivity index (χ3n) is 1.74. The van der Waals surface area contributed by atoms with Crippen molar-refractivity contribution >= 4 is 28.0 Å². The van der Waals surface area contributed by atoms with E-state index < -0.39 is 11.6 Å². The lowest BCUT2D eigenvalue weighted by atomic mass is 10.2. The minimum absolute atomic E-state index is 0.385. The number of nitrogens with one attached hydrogen (secondary N) is 1. The number of rotatable bonds is 5. The predicted molar refractivity (Wildman–Crippen MR) is 60.5 cm³/mol. The Bertz CT molecular complexity index is 410. The van der Waals surface area contributed by atoms with Gasteiger partial charge < -0.3 is 5.32 Å². The van der Waals surface area contributed by atoms with Crippen LogP contribution in [-0.2, 0) is 4.79 Å². The first kappa shape index (κ1) is 11.6. The van der Waals surface area contributed by atoms with Crippen LogP contribution in [0, 0.1) is 6.92 Å². The van der Waals surface area contributed by atoms with Crippen molar-refractivity contribution in [1.29, 1.82) is 0 Å². The summed E-state index contributed by atoms with van der Waals surface area (Å²) >= 11 is 1.20. The van der Waals surface area contributed by atoms with Crippen LogP contribution < -0.4 is 5.32 Å². The lowest BCUT2D eigenvalue weighted by Crippen LogP contribution is -2.10. The molecule has 1 heterocycles. The van der Waals surface area contributed by atoms with E-state index in [9.17, 15) is 9.59 Å². The summed E-state index contributed by atoms with van der Waals surface area (Å²) in [5.74, 6) is -1.13. The molecule has 0 fully saturated rings. The lowest BCUT2D eigenvalue weighted by Gasteiger charge is -1.93. The first-order chi connectivity index (χ1) is 7.10. The van der Waals surface area contributed by atoms with Crippen molar-refractivity contribution in [3.63, 3.8) is 0 Å². The number of allylic oxidation sites excluding steroid dienone is 1. The molecule has 1 aromatic heterocycles. The molecule has 5 heteroatoms. The largest absolute Gasteiger partial charge is 0.362 e. The molecular formula is C10H12N2O2S. The van der Waals surface area contributed by atoms with Crippen molar-refractivity contribution in [2.45, 2.75) is 13.8 Å². The van der Waals surface area contributed by atoms with E-state index in [1.54, 1.807) is 6.92 Å². The van der Waals surface area contributed by atoms with Gasteiger partial charge in [0.15, 0.2) is 5.13 Å². The number of hydrogen-bond acceptors (Lipinski definition) is 5. The van der Waals surface area contributed by atoms with E-state index in [0.717, 1.165) is 12.6 Å². The smallest absolute Gasteiger partial charge is 0.244 e. The number of thiazole rings is 1. The number of aryl methyl sites for hydroxylation is 1. The average molecular weight is 224 g/mol. The monoisotopic (exact) mass is 224 g/mol. The van der Waals surface area contributed by atoms with Crippen LogP contribution in [0.5, 0.6) is 0 Å². The second kappa shape index (κ2) is 4.84. The average Bonchev–Trinajstić information content (AvgIpc) is 2.58. The first-order valence-electron chi connectivity index (χ1n) is 4.52. The van der Waals surface area contributed by atoms with Gasteiger partial charge in [0.05, 0.1) is 5.69 Å². The number of hydrogen-bond donors (Lipinski definition) is 1. The van der Waals surface area contributed by atoms with Crippen LogP contribution >= 0.6 is 11.3 Å². The SMILES string of the molecule is C=CC(=O)C(=O)c1sc(NCC)nc1C. The molecule has 1 aromatic rings. The number of nitrogens with zero attached hydrogens (tertiary/aromatic N) is 1. The van der Waals surface area contributed by atoms with Crippen molar-refractivity contribution in [2.75, 3.05) is 11.9 Å². The summed E-state index contributed by atoms with van der Waals surface area (Å²) in [5.41, 5.74) is 0.580. The highest BCUT2D eigenvalue weighted by Crippen LogP contribution is 2.23. The number of aromatic nitrogens is 1. The van der Waals surface area contributed by atoms with E-state index in [1.807, 2.05) is 6.92 Å². The van der Waals surface area contributed by atoms with Gasteiger partial charge in [-0.1, -0.05) is 17.9 Å². The minimum Gasteiger partial charge on any atom is -0.362 e.